The van der Waals surface area contributed by atoms with Gasteiger partial charge in [-0.15, -0.1) is 9.79 Å². The van der Waals surface area contributed by atoms with Gasteiger partial charge in [0.25, 0.3) is 0 Å². The third-order valence-electron chi connectivity index (χ3n) is 6.95. The second kappa shape index (κ2) is 12.4. The van der Waals surface area contributed by atoms with Crippen LogP contribution >= 0.6 is 20.9 Å². The first-order chi connectivity index (χ1) is 17.3. The zero-order valence-corrected chi connectivity index (χ0v) is 22.6. The fourth-order valence-electron chi connectivity index (χ4n) is 4.45. The molecule has 0 aliphatic carbocycles. The number of benzene rings is 3. The highest BCUT2D eigenvalue weighted by molar-refractivity contribution is 7.80. The van der Waals surface area contributed by atoms with Crippen molar-refractivity contribution in [1.82, 2.24) is 14.8 Å². The van der Waals surface area contributed by atoms with Crippen LogP contribution in [-0.2, 0) is 10.1 Å². The molecule has 0 spiro atoms. The lowest BCUT2D eigenvalue weighted by Crippen LogP contribution is -2.38. The van der Waals surface area contributed by atoms with Crippen molar-refractivity contribution < 1.29 is 14.4 Å². The van der Waals surface area contributed by atoms with Gasteiger partial charge in [0, 0.05) is 4.57 Å². The third kappa shape index (κ3) is 5.76. The van der Waals surface area contributed by atoms with Crippen molar-refractivity contribution in [3.63, 3.8) is 0 Å². The SMILES string of the molecule is CCC(C)(CC)C(S)c1ncn(C(c2ccccc2)(c2ccccc2)c2ccccc2)n1.O=[P+](O)O. The molecule has 0 saturated carbocycles. The van der Waals surface area contributed by atoms with E-state index in [4.69, 9.17) is 37.1 Å². The monoisotopic (exact) mass is 522 g/mol. The van der Waals surface area contributed by atoms with Crippen LogP contribution in [-0.4, -0.2) is 24.6 Å². The van der Waals surface area contributed by atoms with Crippen LogP contribution in [0.15, 0.2) is 97.3 Å². The largest absolute Gasteiger partial charge is 0.692 e. The van der Waals surface area contributed by atoms with Crippen LogP contribution in [0.1, 0.15) is 61.4 Å². The van der Waals surface area contributed by atoms with Crippen LogP contribution in [0, 0.1) is 5.41 Å². The third-order valence-corrected chi connectivity index (χ3v) is 7.80. The van der Waals surface area contributed by atoms with E-state index >= 15 is 0 Å². The molecule has 6 nitrogen and oxygen atoms in total. The molecule has 2 N–H and O–H groups in total. The van der Waals surface area contributed by atoms with Crippen molar-refractivity contribution in [2.75, 3.05) is 0 Å². The number of hydrogen-bond donors (Lipinski definition) is 3. The molecule has 1 heterocycles. The van der Waals surface area contributed by atoms with Gasteiger partial charge in [-0.3, -0.25) is 0 Å². The van der Waals surface area contributed by atoms with Crippen molar-refractivity contribution in [1.29, 1.82) is 0 Å². The fourth-order valence-corrected chi connectivity index (χ4v) is 4.93. The highest BCUT2D eigenvalue weighted by Crippen LogP contribution is 2.44. The zero-order chi connectivity index (χ0) is 26.2. The van der Waals surface area contributed by atoms with Gasteiger partial charge >= 0.3 is 8.25 Å². The standard InChI is InChI=1S/C28H31N3S.HO3P/c1-4-27(3,5-2)25(32)26-29-21-31(30-26)28(22-15-9-6-10-16-22,23-17-11-7-12-18-23)24-19-13-8-14-20-24;1-4(2)3/h6-21,25,32H,4-5H2,1-3H3;(H-,1,2,3)/p+1. The van der Waals surface area contributed by atoms with Gasteiger partial charge in [-0.2, -0.15) is 17.7 Å². The molecule has 3 aromatic carbocycles. The van der Waals surface area contributed by atoms with Crippen LogP contribution in [0.25, 0.3) is 0 Å². The summed E-state index contributed by atoms with van der Waals surface area (Å²) in [5.41, 5.74) is 2.80. The Morgan fingerprint density at radius 1 is 0.833 bits per heavy atom. The summed E-state index contributed by atoms with van der Waals surface area (Å²) in [6.07, 6.45) is 3.91. The van der Waals surface area contributed by atoms with Crippen LogP contribution in [0.2, 0.25) is 0 Å². The van der Waals surface area contributed by atoms with E-state index in [1.165, 1.54) is 0 Å². The molecule has 0 radical (unpaired) electrons. The average Bonchev–Trinajstić information content (AvgIpc) is 3.40. The van der Waals surface area contributed by atoms with Crippen LogP contribution in [0.5, 0.6) is 0 Å². The minimum atomic E-state index is -2.87. The van der Waals surface area contributed by atoms with Gasteiger partial charge in [-0.05, 0) is 34.9 Å². The topological polar surface area (TPSA) is 88.2 Å². The van der Waals surface area contributed by atoms with E-state index in [0.717, 1.165) is 35.4 Å². The van der Waals surface area contributed by atoms with Gasteiger partial charge in [0.05, 0.1) is 5.25 Å². The molecule has 4 rings (SSSR count). The quantitative estimate of drug-likeness (QED) is 0.139. The maximum atomic E-state index is 8.70. The second-order valence-corrected chi connectivity index (χ2v) is 9.89. The summed E-state index contributed by atoms with van der Waals surface area (Å²) < 4.78 is 10.7. The number of nitrogens with zero attached hydrogens (tertiary/aromatic N) is 3. The Balaban J connectivity index is 0.000000840. The second-order valence-electron chi connectivity index (χ2n) is 8.87. The zero-order valence-electron chi connectivity index (χ0n) is 20.8. The van der Waals surface area contributed by atoms with Crippen molar-refractivity contribution in [2.24, 2.45) is 5.41 Å². The Morgan fingerprint density at radius 3 is 1.53 bits per heavy atom. The summed E-state index contributed by atoms with van der Waals surface area (Å²) in [5, 5.41) is 5.06. The van der Waals surface area contributed by atoms with Gasteiger partial charge in [0.2, 0.25) is 0 Å². The number of rotatable bonds is 8. The van der Waals surface area contributed by atoms with E-state index in [9.17, 15) is 0 Å². The Morgan fingerprint density at radius 2 is 1.19 bits per heavy atom. The first-order valence-corrected chi connectivity index (χ1v) is 13.6. The number of hydrogen-bond acceptors (Lipinski definition) is 4. The van der Waals surface area contributed by atoms with Gasteiger partial charge < -0.3 is 0 Å². The van der Waals surface area contributed by atoms with Gasteiger partial charge in [-0.1, -0.05) is 112 Å². The van der Waals surface area contributed by atoms with Gasteiger partial charge in [-0.25, -0.2) is 9.67 Å². The molecule has 1 atom stereocenters. The van der Waals surface area contributed by atoms with E-state index < -0.39 is 13.8 Å². The van der Waals surface area contributed by atoms with E-state index in [1.807, 2.05) is 11.0 Å². The number of aromatic nitrogens is 3. The molecule has 0 aliphatic rings. The van der Waals surface area contributed by atoms with E-state index in [1.54, 1.807) is 0 Å². The maximum absolute atomic E-state index is 8.70. The predicted octanol–water partition coefficient (Wildman–Crippen LogP) is 6.54. The van der Waals surface area contributed by atoms with Crippen molar-refractivity contribution in [3.05, 3.63) is 120 Å². The molecular weight excluding hydrogens is 489 g/mol. The molecule has 0 bridgehead atoms. The summed E-state index contributed by atoms with van der Waals surface area (Å²) in [7, 11) is -2.87. The normalized spacial score (nSPS) is 12.4. The summed E-state index contributed by atoms with van der Waals surface area (Å²) >= 11 is 4.99. The molecule has 0 aliphatic heterocycles. The highest BCUT2D eigenvalue weighted by atomic mass is 32.1. The molecule has 4 aromatic rings. The van der Waals surface area contributed by atoms with Crippen molar-refractivity contribution in [3.8, 4) is 0 Å². The molecule has 188 valence electrons. The lowest BCUT2D eigenvalue weighted by atomic mass is 9.77. The van der Waals surface area contributed by atoms with Crippen LogP contribution < -0.4 is 0 Å². The molecule has 0 amide bonds. The highest BCUT2D eigenvalue weighted by Gasteiger charge is 2.41. The number of thiol groups is 1. The summed E-state index contributed by atoms with van der Waals surface area (Å²) in [5.74, 6) is 0.770. The Labute approximate surface area is 219 Å². The fraction of sp³-hybridized carbons (Fsp3) is 0.286. The van der Waals surface area contributed by atoms with Gasteiger partial charge in [0.1, 0.15) is 11.9 Å². The first-order valence-electron chi connectivity index (χ1n) is 11.9. The van der Waals surface area contributed by atoms with Crippen molar-refractivity contribution >= 4 is 20.9 Å². The van der Waals surface area contributed by atoms with Crippen molar-refractivity contribution in [2.45, 2.75) is 44.4 Å². The molecule has 0 saturated heterocycles. The van der Waals surface area contributed by atoms with E-state index in [-0.39, 0.29) is 10.7 Å². The molecule has 1 aromatic heterocycles. The summed E-state index contributed by atoms with van der Waals surface area (Å²) in [6.45, 7) is 6.70. The lowest BCUT2D eigenvalue weighted by Gasteiger charge is -2.36. The molecular formula is C28H33N3O3PS+. The summed E-state index contributed by atoms with van der Waals surface area (Å²) in [4.78, 5) is 19.0. The van der Waals surface area contributed by atoms with Crippen LogP contribution in [0.3, 0.4) is 0 Å². The van der Waals surface area contributed by atoms with Gasteiger partial charge in [0.15, 0.2) is 5.82 Å². The van der Waals surface area contributed by atoms with E-state index in [0.29, 0.717) is 0 Å². The van der Waals surface area contributed by atoms with E-state index in [2.05, 4.69) is 112 Å². The average molecular weight is 523 g/mol. The molecule has 36 heavy (non-hydrogen) atoms. The molecule has 1 unspecified atom stereocenters. The Kier molecular flexibility index (Phi) is 9.57. The lowest BCUT2D eigenvalue weighted by molar-refractivity contribution is 0.282. The Hall–Kier alpha value is -2.83. The summed E-state index contributed by atoms with van der Waals surface area (Å²) in [6, 6.07) is 31.7. The predicted molar refractivity (Wildman–Crippen MR) is 147 cm³/mol. The smallest absolute Gasteiger partial charge is 0.233 e. The maximum Gasteiger partial charge on any atom is 0.692 e. The minimum absolute atomic E-state index is 0.0319. The molecule has 8 heteroatoms. The first kappa shape index (κ1) is 27.8. The minimum Gasteiger partial charge on any atom is -0.233 e. The Bertz CT molecular complexity index is 1130. The van der Waals surface area contributed by atoms with Crippen LogP contribution in [0.4, 0.5) is 0 Å². The molecule has 0 fully saturated rings.